The minimum Gasteiger partial charge on any atom is -0.494 e. The molecular formula is C20H21NO3. The Labute approximate surface area is 141 Å². The van der Waals surface area contributed by atoms with Gasteiger partial charge in [-0.3, -0.25) is 4.79 Å². The van der Waals surface area contributed by atoms with Gasteiger partial charge in [-0.05, 0) is 24.1 Å². The number of unbranched alkanes of at least 4 members (excludes halogenated alkanes) is 1. The lowest BCUT2D eigenvalue weighted by Gasteiger charge is -2.10. The van der Waals surface area contributed by atoms with Crippen LogP contribution < -0.4 is 10.5 Å². The molecule has 0 amide bonds. The molecule has 0 saturated heterocycles. The van der Waals surface area contributed by atoms with E-state index < -0.39 is 6.10 Å². The summed E-state index contributed by atoms with van der Waals surface area (Å²) in [6.45, 7) is 2.77. The fourth-order valence-corrected chi connectivity index (χ4v) is 2.70. The third kappa shape index (κ3) is 3.27. The van der Waals surface area contributed by atoms with Crippen molar-refractivity contribution in [2.24, 2.45) is 5.73 Å². The molecule has 3 rings (SSSR count). The lowest BCUT2D eigenvalue weighted by Crippen LogP contribution is -2.09. The summed E-state index contributed by atoms with van der Waals surface area (Å²) in [7, 11) is 0. The Morgan fingerprint density at radius 3 is 2.67 bits per heavy atom. The molecule has 1 aliphatic heterocycles. The predicted molar refractivity (Wildman–Crippen MR) is 93.2 cm³/mol. The van der Waals surface area contributed by atoms with E-state index in [0.29, 0.717) is 12.2 Å². The summed E-state index contributed by atoms with van der Waals surface area (Å²) < 4.78 is 11.3. The highest BCUT2D eigenvalue weighted by Gasteiger charge is 2.35. The van der Waals surface area contributed by atoms with Crippen molar-refractivity contribution in [3.05, 3.63) is 71.6 Å². The molecule has 4 heteroatoms. The number of hydrogen-bond donors (Lipinski definition) is 1. The van der Waals surface area contributed by atoms with Gasteiger partial charge in [0.15, 0.2) is 12.0 Å². The van der Waals surface area contributed by atoms with Crippen LogP contribution in [-0.4, -0.2) is 12.4 Å². The van der Waals surface area contributed by atoms with Gasteiger partial charge in [0.2, 0.25) is 5.78 Å². The van der Waals surface area contributed by atoms with Gasteiger partial charge in [-0.25, -0.2) is 0 Å². The van der Waals surface area contributed by atoms with E-state index in [1.54, 1.807) is 0 Å². The molecule has 0 saturated carbocycles. The maximum absolute atomic E-state index is 12.8. The van der Waals surface area contributed by atoms with Crippen LogP contribution in [0.4, 0.5) is 0 Å². The van der Waals surface area contributed by atoms with Crippen LogP contribution >= 0.6 is 0 Å². The second-order valence-electron chi connectivity index (χ2n) is 5.74. The van der Waals surface area contributed by atoms with Crippen molar-refractivity contribution in [3.63, 3.8) is 0 Å². The number of ether oxygens (including phenoxy) is 2. The molecule has 0 bridgehead atoms. The minimum atomic E-state index is -0.675. The third-order valence-corrected chi connectivity index (χ3v) is 3.97. The van der Waals surface area contributed by atoms with Gasteiger partial charge in [-0.15, -0.1) is 0 Å². The van der Waals surface area contributed by atoms with Gasteiger partial charge in [-0.2, -0.15) is 0 Å². The number of Topliss-reactive ketones (excluding diaryl/α,β-unsaturated/α-hetero) is 1. The number of rotatable bonds is 6. The maximum atomic E-state index is 12.8. The molecule has 0 aromatic heterocycles. The van der Waals surface area contributed by atoms with Crippen LogP contribution in [0.5, 0.6) is 5.75 Å². The van der Waals surface area contributed by atoms with Gasteiger partial charge in [0.25, 0.3) is 0 Å². The number of benzene rings is 2. The molecule has 2 N–H and O–H groups in total. The van der Waals surface area contributed by atoms with Crippen LogP contribution in [0, 0.1) is 0 Å². The molecule has 0 aliphatic carbocycles. The first-order valence-electron chi connectivity index (χ1n) is 8.19. The summed E-state index contributed by atoms with van der Waals surface area (Å²) in [5, 5.41) is 0. The molecule has 124 valence electrons. The Kier molecular flexibility index (Phi) is 4.85. The Morgan fingerprint density at radius 2 is 1.92 bits per heavy atom. The lowest BCUT2D eigenvalue weighted by atomic mass is 9.97. The molecule has 1 atom stereocenters. The van der Waals surface area contributed by atoms with Crippen LogP contribution in [0.1, 0.15) is 37.0 Å². The highest BCUT2D eigenvalue weighted by molar-refractivity contribution is 6.25. The van der Waals surface area contributed by atoms with Gasteiger partial charge >= 0.3 is 0 Å². The minimum absolute atomic E-state index is 0.121. The summed E-state index contributed by atoms with van der Waals surface area (Å²) in [6.07, 6.45) is 1.39. The van der Waals surface area contributed by atoms with Crippen molar-refractivity contribution < 1.29 is 14.3 Å². The Hall–Kier alpha value is -2.75. The van der Waals surface area contributed by atoms with Gasteiger partial charge in [0.05, 0.1) is 12.2 Å². The normalized spacial score (nSPS) is 17.0. The topological polar surface area (TPSA) is 61.6 Å². The fraction of sp³-hybridized carbons (Fsp3) is 0.250. The molecule has 0 spiro atoms. The smallest absolute Gasteiger partial charge is 0.213 e. The van der Waals surface area contributed by atoms with Crippen LogP contribution in [0.25, 0.3) is 5.57 Å². The largest absolute Gasteiger partial charge is 0.494 e. The molecular weight excluding hydrogens is 302 g/mol. The average molecular weight is 323 g/mol. The lowest BCUT2D eigenvalue weighted by molar-refractivity contribution is -0.120. The number of ketones is 1. The van der Waals surface area contributed by atoms with E-state index in [-0.39, 0.29) is 11.7 Å². The van der Waals surface area contributed by atoms with Gasteiger partial charge in [0, 0.05) is 5.56 Å². The summed E-state index contributed by atoms with van der Waals surface area (Å²) in [5.74, 6) is 0.779. The number of carbonyl (C=O) groups excluding carboxylic acids is 1. The van der Waals surface area contributed by atoms with Crippen molar-refractivity contribution in [2.75, 3.05) is 6.61 Å². The van der Waals surface area contributed by atoms with Gasteiger partial charge in [-0.1, -0.05) is 55.8 Å². The zero-order valence-corrected chi connectivity index (χ0v) is 13.7. The van der Waals surface area contributed by atoms with Gasteiger partial charge < -0.3 is 15.2 Å². The van der Waals surface area contributed by atoms with Crippen molar-refractivity contribution in [1.82, 2.24) is 0 Å². The molecule has 2 aromatic carbocycles. The van der Waals surface area contributed by atoms with E-state index >= 15 is 0 Å². The van der Waals surface area contributed by atoms with E-state index in [1.807, 2.05) is 54.6 Å². The summed E-state index contributed by atoms with van der Waals surface area (Å²) in [4.78, 5) is 12.8. The van der Waals surface area contributed by atoms with Crippen molar-refractivity contribution >= 4 is 11.4 Å². The monoisotopic (exact) mass is 323 g/mol. The number of hydrogen-bond acceptors (Lipinski definition) is 4. The Morgan fingerprint density at radius 1 is 1.12 bits per heavy atom. The second kappa shape index (κ2) is 7.21. The summed E-state index contributed by atoms with van der Waals surface area (Å²) >= 11 is 0. The SMILES string of the molecule is CCCCOc1cccc(C2=C(N)OC(c3ccccc3)C2=O)c1. The second-order valence-corrected chi connectivity index (χ2v) is 5.74. The summed E-state index contributed by atoms with van der Waals surface area (Å²) in [5.41, 5.74) is 7.95. The molecule has 1 heterocycles. The molecule has 24 heavy (non-hydrogen) atoms. The fourth-order valence-electron chi connectivity index (χ4n) is 2.70. The molecule has 1 aliphatic rings. The first-order valence-corrected chi connectivity index (χ1v) is 8.19. The van der Waals surface area contributed by atoms with Gasteiger partial charge in [0.1, 0.15) is 5.75 Å². The summed E-state index contributed by atoms with van der Waals surface area (Å²) in [6, 6.07) is 16.8. The van der Waals surface area contributed by atoms with E-state index in [0.717, 1.165) is 29.7 Å². The van der Waals surface area contributed by atoms with Crippen LogP contribution in [0.2, 0.25) is 0 Å². The zero-order valence-electron chi connectivity index (χ0n) is 13.7. The highest BCUT2D eigenvalue weighted by Crippen LogP contribution is 2.36. The molecule has 0 radical (unpaired) electrons. The number of carbonyl (C=O) groups is 1. The van der Waals surface area contributed by atoms with E-state index in [9.17, 15) is 4.79 Å². The average Bonchev–Trinajstić information content (AvgIpc) is 2.91. The molecule has 4 nitrogen and oxygen atoms in total. The number of nitrogens with two attached hydrogens (primary N) is 1. The third-order valence-electron chi connectivity index (χ3n) is 3.97. The van der Waals surface area contributed by atoms with Crippen molar-refractivity contribution in [1.29, 1.82) is 0 Å². The van der Waals surface area contributed by atoms with E-state index in [1.165, 1.54) is 0 Å². The van der Waals surface area contributed by atoms with E-state index in [4.69, 9.17) is 15.2 Å². The van der Waals surface area contributed by atoms with Crippen molar-refractivity contribution in [3.8, 4) is 5.75 Å². The van der Waals surface area contributed by atoms with Crippen LogP contribution in [0.15, 0.2) is 60.5 Å². The van der Waals surface area contributed by atoms with Crippen LogP contribution in [-0.2, 0) is 9.53 Å². The predicted octanol–water partition coefficient (Wildman–Crippen LogP) is 3.83. The quantitative estimate of drug-likeness (QED) is 0.821. The standard InChI is InChI=1S/C20H21NO3/c1-2-3-12-23-16-11-7-10-15(13-16)17-18(22)19(24-20(17)21)14-8-5-4-6-9-14/h4-11,13,19H,2-3,12,21H2,1H3. The Balaban J connectivity index is 1.83. The zero-order chi connectivity index (χ0) is 16.9. The maximum Gasteiger partial charge on any atom is 0.213 e. The molecule has 1 unspecified atom stereocenters. The first kappa shape index (κ1) is 16.1. The molecule has 2 aromatic rings. The Bertz CT molecular complexity index is 752. The molecule has 0 fully saturated rings. The first-order chi connectivity index (χ1) is 11.7. The highest BCUT2D eigenvalue weighted by atomic mass is 16.5. The van der Waals surface area contributed by atoms with Crippen LogP contribution in [0.3, 0.4) is 0 Å². The van der Waals surface area contributed by atoms with Crippen molar-refractivity contribution in [2.45, 2.75) is 25.9 Å². The van der Waals surface area contributed by atoms with E-state index in [2.05, 4.69) is 6.92 Å².